The summed E-state index contributed by atoms with van der Waals surface area (Å²) in [5.74, 6) is -0.0177. The van der Waals surface area contributed by atoms with E-state index in [0.29, 0.717) is 11.3 Å². The maximum absolute atomic E-state index is 12.1. The Morgan fingerprint density at radius 3 is 2.88 bits per heavy atom. The maximum atomic E-state index is 12.1. The summed E-state index contributed by atoms with van der Waals surface area (Å²) in [4.78, 5) is 16.1. The maximum Gasteiger partial charge on any atom is 0.212 e. The van der Waals surface area contributed by atoms with Crippen LogP contribution in [0.5, 0.6) is 0 Å². The van der Waals surface area contributed by atoms with Gasteiger partial charge in [0.15, 0.2) is 0 Å². The third-order valence-electron chi connectivity index (χ3n) is 2.53. The second kappa shape index (κ2) is 4.31. The summed E-state index contributed by atoms with van der Waals surface area (Å²) in [7, 11) is 1.85. The van der Waals surface area contributed by atoms with Crippen molar-refractivity contribution in [2.75, 3.05) is 0 Å². The highest BCUT2D eigenvalue weighted by atomic mass is 16.1. The number of ketones is 1. The van der Waals surface area contributed by atoms with Crippen LogP contribution in [0.4, 0.5) is 0 Å². The molecule has 1 heterocycles. The van der Waals surface area contributed by atoms with E-state index in [1.165, 1.54) is 5.56 Å². The summed E-state index contributed by atoms with van der Waals surface area (Å²) in [5.41, 5.74) is 2.37. The number of rotatable bonds is 3. The van der Waals surface area contributed by atoms with E-state index in [1.807, 2.05) is 31.3 Å². The minimum atomic E-state index is -0.0177. The Labute approximate surface area is 94.7 Å². The predicted molar refractivity (Wildman–Crippen MR) is 62.5 cm³/mol. The summed E-state index contributed by atoms with van der Waals surface area (Å²) in [6, 6.07) is 7.69. The zero-order valence-corrected chi connectivity index (χ0v) is 9.47. The van der Waals surface area contributed by atoms with Crippen molar-refractivity contribution in [3.63, 3.8) is 0 Å². The molecule has 82 valence electrons. The Balaban J connectivity index is 2.33. The van der Waals surface area contributed by atoms with Crippen LogP contribution >= 0.6 is 0 Å². The highest BCUT2D eigenvalue weighted by Gasteiger charge is 2.11. The molecule has 0 spiro atoms. The van der Waals surface area contributed by atoms with E-state index in [-0.39, 0.29) is 5.78 Å². The summed E-state index contributed by atoms with van der Waals surface area (Å²) in [6.45, 7) is 2.07. The van der Waals surface area contributed by atoms with Gasteiger partial charge in [-0.25, -0.2) is 4.98 Å². The van der Waals surface area contributed by atoms with E-state index in [9.17, 15) is 4.79 Å². The Morgan fingerprint density at radius 2 is 2.25 bits per heavy atom. The smallest absolute Gasteiger partial charge is 0.212 e. The molecule has 1 aromatic heterocycles. The highest BCUT2D eigenvalue weighted by molar-refractivity contribution is 6.07. The number of aromatic nitrogens is 2. The lowest BCUT2D eigenvalue weighted by Gasteiger charge is -2.00. The van der Waals surface area contributed by atoms with Crippen LogP contribution in [-0.4, -0.2) is 15.3 Å². The van der Waals surface area contributed by atoms with Crippen molar-refractivity contribution in [2.45, 2.75) is 13.3 Å². The second-order valence-electron chi connectivity index (χ2n) is 3.81. The van der Waals surface area contributed by atoms with Gasteiger partial charge in [-0.1, -0.05) is 25.1 Å². The quantitative estimate of drug-likeness (QED) is 0.734. The molecule has 0 saturated heterocycles. The van der Waals surface area contributed by atoms with E-state index in [1.54, 1.807) is 17.1 Å². The zero-order chi connectivity index (χ0) is 11.5. The molecular weight excluding hydrogens is 200 g/mol. The molecule has 0 N–H and O–H groups in total. The Morgan fingerprint density at radius 1 is 1.44 bits per heavy atom. The third kappa shape index (κ3) is 2.03. The molecule has 16 heavy (non-hydrogen) atoms. The number of nitrogens with zero attached hydrogens (tertiary/aromatic N) is 2. The van der Waals surface area contributed by atoms with Crippen LogP contribution in [0.15, 0.2) is 36.8 Å². The number of hydrogen-bond acceptors (Lipinski definition) is 2. The van der Waals surface area contributed by atoms with Crippen molar-refractivity contribution in [3.05, 3.63) is 53.6 Å². The van der Waals surface area contributed by atoms with E-state index in [0.717, 1.165) is 6.42 Å². The van der Waals surface area contributed by atoms with Crippen LogP contribution in [0.3, 0.4) is 0 Å². The number of carbonyl (C=O) groups excluding carboxylic acids is 1. The number of benzene rings is 1. The monoisotopic (exact) mass is 214 g/mol. The molecule has 0 unspecified atom stereocenters. The fourth-order valence-corrected chi connectivity index (χ4v) is 1.61. The van der Waals surface area contributed by atoms with Crippen LogP contribution in [-0.2, 0) is 13.5 Å². The number of aryl methyl sites for hydroxylation is 2. The van der Waals surface area contributed by atoms with Gasteiger partial charge in [0.2, 0.25) is 5.78 Å². The van der Waals surface area contributed by atoms with Crippen LogP contribution in [0.1, 0.15) is 28.5 Å². The lowest BCUT2D eigenvalue weighted by Crippen LogP contribution is -2.02. The molecule has 0 aliphatic carbocycles. The molecular formula is C13H14N2O. The van der Waals surface area contributed by atoms with Crippen LogP contribution in [0.2, 0.25) is 0 Å². The van der Waals surface area contributed by atoms with E-state index in [4.69, 9.17) is 0 Å². The minimum Gasteiger partial charge on any atom is -0.340 e. The van der Waals surface area contributed by atoms with Gasteiger partial charge in [-0.15, -0.1) is 0 Å². The normalized spacial score (nSPS) is 10.4. The molecule has 0 aliphatic heterocycles. The summed E-state index contributed by atoms with van der Waals surface area (Å²) in [6.07, 6.45) is 4.31. The summed E-state index contributed by atoms with van der Waals surface area (Å²) < 4.78 is 1.77. The van der Waals surface area contributed by atoms with Crippen molar-refractivity contribution < 1.29 is 4.79 Å². The number of imidazole rings is 1. The molecule has 0 saturated carbocycles. The SMILES string of the molecule is CCc1cccc(C(=O)c2cn(C)cn2)c1. The average molecular weight is 214 g/mol. The van der Waals surface area contributed by atoms with E-state index < -0.39 is 0 Å². The molecule has 0 radical (unpaired) electrons. The Kier molecular flexibility index (Phi) is 2.86. The van der Waals surface area contributed by atoms with Crippen LogP contribution in [0, 0.1) is 0 Å². The molecule has 2 aromatic rings. The van der Waals surface area contributed by atoms with Crippen molar-refractivity contribution in [2.24, 2.45) is 7.05 Å². The number of carbonyl (C=O) groups is 1. The molecule has 1 aromatic carbocycles. The van der Waals surface area contributed by atoms with E-state index >= 15 is 0 Å². The van der Waals surface area contributed by atoms with Gasteiger partial charge in [0, 0.05) is 18.8 Å². The van der Waals surface area contributed by atoms with Gasteiger partial charge in [-0.2, -0.15) is 0 Å². The summed E-state index contributed by atoms with van der Waals surface area (Å²) >= 11 is 0. The first kappa shape index (κ1) is 10.6. The largest absolute Gasteiger partial charge is 0.340 e. The second-order valence-corrected chi connectivity index (χ2v) is 3.81. The Hall–Kier alpha value is -1.90. The molecule has 3 nitrogen and oxygen atoms in total. The highest BCUT2D eigenvalue weighted by Crippen LogP contribution is 2.10. The average Bonchev–Trinajstić information content (AvgIpc) is 2.75. The molecule has 3 heteroatoms. The fourth-order valence-electron chi connectivity index (χ4n) is 1.61. The van der Waals surface area contributed by atoms with Crippen LogP contribution < -0.4 is 0 Å². The first-order chi connectivity index (χ1) is 7.70. The lowest BCUT2D eigenvalue weighted by atomic mass is 10.0. The molecule has 0 atom stereocenters. The van der Waals surface area contributed by atoms with Gasteiger partial charge in [0.1, 0.15) is 5.69 Å². The van der Waals surface area contributed by atoms with Gasteiger partial charge < -0.3 is 4.57 Å². The molecule has 0 aliphatic rings. The zero-order valence-electron chi connectivity index (χ0n) is 9.47. The molecule has 2 rings (SSSR count). The minimum absolute atomic E-state index is 0.0177. The van der Waals surface area contributed by atoms with Gasteiger partial charge in [-0.05, 0) is 18.1 Å². The predicted octanol–water partition coefficient (Wildman–Crippen LogP) is 2.21. The van der Waals surface area contributed by atoms with Crippen molar-refractivity contribution in [1.82, 2.24) is 9.55 Å². The van der Waals surface area contributed by atoms with Crippen molar-refractivity contribution in [1.29, 1.82) is 0 Å². The summed E-state index contributed by atoms with van der Waals surface area (Å²) in [5, 5.41) is 0. The van der Waals surface area contributed by atoms with E-state index in [2.05, 4.69) is 11.9 Å². The topological polar surface area (TPSA) is 34.9 Å². The Bertz CT molecular complexity index is 514. The first-order valence-corrected chi connectivity index (χ1v) is 5.32. The standard InChI is InChI=1S/C13H14N2O/c1-3-10-5-4-6-11(7-10)13(16)12-8-15(2)9-14-12/h4-9H,3H2,1-2H3. The van der Waals surface area contributed by atoms with Crippen molar-refractivity contribution >= 4 is 5.78 Å². The fraction of sp³-hybridized carbons (Fsp3) is 0.231. The van der Waals surface area contributed by atoms with Gasteiger partial charge in [0.05, 0.1) is 6.33 Å². The van der Waals surface area contributed by atoms with Gasteiger partial charge in [0.25, 0.3) is 0 Å². The molecule has 0 bridgehead atoms. The van der Waals surface area contributed by atoms with Gasteiger partial charge in [-0.3, -0.25) is 4.79 Å². The van der Waals surface area contributed by atoms with Gasteiger partial charge >= 0.3 is 0 Å². The lowest BCUT2D eigenvalue weighted by molar-refractivity contribution is 0.103. The van der Waals surface area contributed by atoms with Crippen molar-refractivity contribution in [3.8, 4) is 0 Å². The third-order valence-corrected chi connectivity index (χ3v) is 2.53. The number of hydrogen-bond donors (Lipinski definition) is 0. The van der Waals surface area contributed by atoms with Crippen LogP contribution in [0.25, 0.3) is 0 Å². The first-order valence-electron chi connectivity index (χ1n) is 5.32. The molecule has 0 fully saturated rings. The molecule has 0 amide bonds.